The third-order valence-electron chi connectivity index (χ3n) is 4.71. The predicted octanol–water partition coefficient (Wildman–Crippen LogP) is 6.31. The van der Waals surface area contributed by atoms with Crippen molar-refractivity contribution in [2.24, 2.45) is 0 Å². The molecular weight excluding hydrogens is 386 g/mol. The third kappa shape index (κ3) is 7.49. The van der Waals surface area contributed by atoms with Crippen LogP contribution in [0.25, 0.3) is 0 Å². The van der Waals surface area contributed by atoms with Crippen LogP contribution in [0.1, 0.15) is 49.9 Å². The van der Waals surface area contributed by atoms with E-state index in [1.165, 1.54) is 5.56 Å². The van der Waals surface area contributed by atoms with Gasteiger partial charge in [0, 0.05) is 0 Å². The Labute approximate surface area is 185 Å². The third-order valence-corrected chi connectivity index (χ3v) is 4.71. The zero-order valence-electron chi connectivity index (χ0n) is 18.5. The lowest BCUT2D eigenvalue weighted by molar-refractivity contribution is 0.0512. The van der Waals surface area contributed by atoms with E-state index in [4.69, 9.17) is 9.47 Å². The van der Waals surface area contributed by atoms with Gasteiger partial charge in [-0.15, -0.1) is 0 Å². The number of hydrogen-bond acceptors (Lipinski definition) is 3. The minimum Gasteiger partial charge on any atom is -0.494 e. The summed E-state index contributed by atoms with van der Waals surface area (Å²) in [5, 5.41) is 3.01. The Kier molecular flexibility index (Phi) is 7.71. The second kappa shape index (κ2) is 10.7. The smallest absolute Gasteiger partial charge is 0.408 e. The van der Waals surface area contributed by atoms with E-state index in [0.717, 1.165) is 29.7 Å². The van der Waals surface area contributed by atoms with Crippen LogP contribution in [-0.4, -0.2) is 18.3 Å². The Balaban J connectivity index is 1.68. The molecule has 0 bridgehead atoms. The van der Waals surface area contributed by atoms with Crippen LogP contribution < -0.4 is 10.1 Å². The first kappa shape index (κ1) is 22.4. The number of aryl methyl sites for hydroxylation is 1. The molecule has 3 aromatic rings. The summed E-state index contributed by atoms with van der Waals surface area (Å²) < 4.78 is 11.5. The molecule has 3 aromatic carbocycles. The molecule has 0 spiro atoms. The first-order valence-electron chi connectivity index (χ1n) is 10.7. The molecule has 1 unspecified atom stereocenters. The Bertz CT molecular complexity index is 949. The van der Waals surface area contributed by atoms with Crippen LogP contribution in [0.5, 0.6) is 5.75 Å². The maximum atomic E-state index is 12.5. The maximum absolute atomic E-state index is 12.5. The molecule has 0 aliphatic rings. The summed E-state index contributed by atoms with van der Waals surface area (Å²) in [6.07, 6.45) is 1.47. The largest absolute Gasteiger partial charge is 0.494 e. The number of amides is 1. The lowest BCUT2D eigenvalue weighted by atomic mass is 9.98. The number of rotatable bonds is 8. The average molecular weight is 418 g/mol. The van der Waals surface area contributed by atoms with Crippen molar-refractivity contribution in [2.45, 2.75) is 45.3 Å². The Morgan fingerprint density at radius 2 is 1.52 bits per heavy atom. The lowest BCUT2D eigenvalue weighted by Gasteiger charge is -2.24. The Hall–Kier alpha value is -3.27. The van der Waals surface area contributed by atoms with Crippen molar-refractivity contribution in [3.05, 3.63) is 102 Å². The molecule has 0 aromatic heterocycles. The normalized spacial score (nSPS) is 12.1. The van der Waals surface area contributed by atoms with Crippen LogP contribution in [0.15, 0.2) is 84.9 Å². The van der Waals surface area contributed by atoms with Gasteiger partial charge in [0.05, 0.1) is 12.6 Å². The van der Waals surface area contributed by atoms with Gasteiger partial charge in [0.25, 0.3) is 0 Å². The summed E-state index contributed by atoms with van der Waals surface area (Å²) in [5.41, 5.74) is 2.67. The van der Waals surface area contributed by atoms with Gasteiger partial charge in [0.15, 0.2) is 0 Å². The highest BCUT2D eigenvalue weighted by atomic mass is 16.6. The van der Waals surface area contributed by atoms with Crippen molar-refractivity contribution in [2.75, 3.05) is 6.61 Å². The van der Waals surface area contributed by atoms with E-state index >= 15 is 0 Å². The highest BCUT2D eigenvalue weighted by molar-refractivity contribution is 5.69. The number of nitrogens with one attached hydrogen (secondary N) is 1. The summed E-state index contributed by atoms with van der Waals surface area (Å²) >= 11 is 0. The number of alkyl carbamates (subject to hydrolysis) is 1. The molecule has 162 valence electrons. The molecule has 0 radical (unpaired) electrons. The molecule has 0 saturated heterocycles. The molecular formula is C27H31NO3. The van der Waals surface area contributed by atoms with Crippen LogP contribution in [0.3, 0.4) is 0 Å². The highest BCUT2D eigenvalue weighted by Gasteiger charge is 2.22. The zero-order valence-corrected chi connectivity index (χ0v) is 18.5. The van der Waals surface area contributed by atoms with Gasteiger partial charge in [0.2, 0.25) is 0 Å². The van der Waals surface area contributed by atoms with Gasteiger partial charge in [-0.05, 0) is 62.4 Å². The fourth-order valence-corrected chi connectivity index (χ4v) is 3.32. The van der Waals surface area contributed by atoms with Gasteiger partial charge < -0.3 is 14.8 Å². The zero-order chi connectivity index (χ0) is 22.1. The van der Waals surface area contributed by atoms with Gasteiger partial charge in [-0.1, -0.05) is 72.8 Å². The lowest BCUT2D eigenvalue weighted by Crippen LogP contribution is -2.35. The van der Waals surface area contributed by atoms with E-state index in [0.29, 0.717) is 6.61 Å². The summed E-state index contributed by atoms with van der Waals surface area (Å²) in [4.78, 5) is 12.5. The molecule has 4 heteroatoms. The molecule has 3 rings (SSSR count). The van der Waals surface area contributed by atoms with Crippen LogP contribution in [0.4, 0.5) is 4.79 Å². The number of carbonyl (C=O) groups excluding carboxylic acids is 1. The summed E-state index contributed by atoms with van der Waals surface area (Å²) in [5.74, 6) is 0.789. The number of hydrogen-bond donors (Lipinski definition) is 1. The summed E-state index contributed by atoms with van der Waals surface area (Å²) in [6, 6.07) is 27.8. The molecule has 1 atom stereocenters. The second-order valence-electron chi connectivity index (χ2n) is 8.50. The maximum Gasteiger partial charge on any atom is 0.408 e. The fraction of sp³-hybridized carbons (Fsp3) is 0.296. The Morgan fingerprint density at radius 3 is 2.19 bits per heavy atom. The highest BCUT2D eigenvalue weighted by Crippen LogP contribution is 2.26. The van der Waals surface area contributed by atoms with E-state index in [9.17, 15) is 4.79 Å². The standard InChI is InChI=1S/C27H31NO3/c1-27(2,3)31-26(29)28-25(22-15-8-5-9-16-22)23-17-10-18-24(20-23)30-19-11-14-21-12-6-4-7-13-21/h4-10,12-13,15-18,20,25H,11,14,19H2,1-3H3,(H,28,29). The number of ether oxygens (including phenoxy) is 2. The average Bonchev–Trinajstić information content (AvgIpc) is 2.75. The predicted molar refractivity (Wildman–Crippen MR) is 124 cm³/mol. The van der Waals surface area contributed by atoms with Crippen molar-refractivity contribution < 1.29 is 14.3 Å². The van der Waals surface area contributed by atoms with E-state index in [-0.39, 0.29) is 6.04 Å². The quantitative estimate of drug-likeness (QED) is 0.437. The molecule has 1 amide bonds. The van der Waals surface area contributed by atoms with Crippen molar-refractivity contribution in [1.29, 1.82) is 0 Å². The van der Waals surface area contributed by atoms with Crippen LogP contribution in [0, 0.1) is 0 Å². The van der Waals surface area contributed by atoms with Gasteiger partial charge in [-0.2, -0.15) is 0 Å². The molecule has 0 aliphatic carbocycles. The molecule has 31 heavy (non-hydrogen) atoms. The van der Waals surface area contributed by atoms with E-state index in [1.807, 2.05) is 81.4 Å². The SMILES string of the molecule is CC(C)(C)OC(=O)NC(c1ccccc1)c1cccc(OCCCc2ccccc2)c1. The molecule has 0 heterocycles. The summed E-state index contributed by atoms with van der Waals surface area (Å²) in [6.45, 7) is 6.20. The fourth-order valence-electron chi connectivity index (χ4n) is 3.32. The van der Waals surface area contributed by atoms with Gasteiger partial charge in [0.1, 0.15) is 11.4 Å². The van der Waals surface area contributed by atoms with Crippen LogP contribution in [-0.2, 0) is 11.2 Å². The first-order chi connectivity index (χ1) is 14.9. The Morgan fingerprint density at radius 1 is 0.871 bits per heavy atom. The minimum atomic E-state index is -0.560. The van der Waals surface area contributed by atoms with Crippen LogP contribution >= 0.6 is 0 Å². The monoisotopic (exact) mass is 417 g/mol. The number of carbonyl (C=O) groups is 1. The van der Waals surface area contributed by atoms with E-state index < -0.39 is 11.7 Å². The van der Waals surface area contributed by atoms with Crippen molar-refractivity contribution in [3.8, 4) is 5.75 Å². The molecule has 1 N–H and O–H groups in total. The first-order valence-corrected chi connectivity index (χ1v) is 10.7. The molecule has 0 aliphatic heterocycles. The molecule has 0 saturated carbocycles. The van der Waals surface area contributed by atoms with Crippen molar-refractivity contribution >= 4 is 6.09 Å². The summed E-state index contributed by atoms with van der Waals surface area (Å²) in [7, 11) is 0. The van der Waals surface area contributed by atoms with Gasteiger partial charge in [-0.3, -0.25) is 0 Å². The molecule has 0 fully saturated rings. The van der Waals surface area contributed by atoms with Gasteiger partial charge in [-0.25, -0.2) is 4.79 Å². The van der Waals surface area contributed by atoms with Gasteiger partial charge >= 0.3 is 6.09 Å². The minimum absolute atomic E-state index is 0.330. The van der Waals surface area contributed by atoms with E-state index in [2.05, 4.69) is 29.6 Å². The van der Waals surface area contributed by atoms with Crippen LogP contribution in [0.2, 0.25) is 0 Å². The number of benzene rings is 3. The van der Waals surface area contributed by atoms with Crippen molar-refractivity contribution in [1.82, 2.24) is 5.32 Å². The molecule has 4 nitrogen and oxygen atoms in total. The topological polar surface area (TPSA) is 47.6 Å². The second-order valence-corrected chi connectivity index (χ2v) is 8.50. The van der Waals surface area contributed by atoms with Crippen molar-refractivity contribution in [3.63, 3.8) is 0 Å². The van der Waals surface area contributed by atoms with E-state index in [1.54, 1.807) is 0 Å².